The molecular formula is C17H21N5O2. The molecule has 0 aliphatic carbocycles. The van der Waals surface area contributed by atoms with Gasteiger partial charge in [-0.3, -0.25) is 14.3 Å². The van der Waals surface area contributed by atoms with E-state index in [1.165, 1.54) is 0 Å². The Morgan fingerprint density at radius 3 is 2.88 bits per heavy atom. The molecule has 0 bridgehead atoms. The normalized spacial score (nSPS) is 16.0. The van der Waals surface area contributed by atoms with Crippen molar-refractivity contribution in [1.82, 2.24) is 24.8 Å². The molecule has 1 aliphatic rings. The topological polar surface area (TPSA) is 75.2 Å². The zero-order valence-electron chi connectivity index (χ0n) is 13.7. The monoisotopic (exact) mass is 327 g/mol. The summed E-state index contributed by atoms with van der Waals surface area (Å²) in [5, 5.41) is 4.20. The average molecular weight is 327 g/mol. The second-order valence-corrected chi connectivity index (χ2v) is 6.07. The Hall–Kier alpha value is -2.38. The predicted molar refractivity (Wildman–Crippen MR) is 93.7 cm³/mol. The molecule has 4 rings (SSSR count). The van der Waals surface area contributed by atoms with E-state index in [-0.39, 0.29) is 5.56 Å². The van der Waals surface area contributed by atoms with Crippen molar-refractivity contribution in [1.29, 1.82) is 0 Å². The molecule has 3 heterocycles. The Morgan fingerprint density at radius 1 is 1.25 bits per heavy atom. The number of hydrogen-bond donors (Lipinski definition) is 2. The van der Waals surface area contributed by atoms with Crippen LogP contribution >= 0.6 is 0 Å². The van der Waals surface area contributed by atoms with Gasteiger partial charge in [-0.05, 0) is 12.1 Å². The largest absolute Gasteiger partial charge is 0.496 e. The molecule has 7 heteroatoms. The van der Waals surface area contributed by atoms with Crippen molar-refractivity contribution in [2.75, 3.05) is 39.8 Å². The summed E-state index contributed by atoms with van der Waals surface area (Å²) in [6.07, 6.45) is 1.65. The molecule has 0 spiro atoms. The fourth-order valence-electron chi connectivity index (χ4n) is 3.32. The van der Waals surface area contributed by atoms with Gasteiger partial charge >= 0.3 is 0 Å². The number of aromatic nitrogens is 3. The summed E-state index contributed by atoms with van der Waals surface area (Å²) >= 11 is 0. The van der Waals surface area contributed by atoms with Crippen molar-refractivity contribution in [2.24, 2.45) is 0 Å². The van der Waals surface area contributed by atoms with Crippen LogP contribution in [0.15, 0.2) is 29.3 Å². The molecule has 1 aliphatic heterocycles. The van der Waals surface area contributed by atoms with E-state index in [1.807, 2.05) is 18.2 Å². The third-order valence-corrected chi connectivity index (χ3v) is 4.65. The maximum absolute atomic E-state index is 12.8. The van der Waals surface area contributed by atoms with Gasteiger partial charge in [-0.1, -0.05) is 6.07 Å². The first-order valence-electron chi connectivity index (χ1n) is 8.25. The second kappa shape index (κ2) is 6.26. The zero-order chi connectivity index (χ0) is 16.5. The first kappa shape index (κ1) is 15.2. The molecular weight excluding hydrogens is 306 g/mol. The molecule has 0 saturated carbocycles. The number of methoxy groups -OCH3 is 1. The molecule has 1 saturated heterocycles. The second-order valence-electron chi connectivity index (χ2n) is 6.07. The lowest BCUT2D eigenvalue weighted by Gasteiger charge is -2.27. The fourth-order valence-corrected chi connectivity index (χ4v) is 3.32. The first-order chi connectivity index (χ1) is 11.8. The molecule has 24 heavy (non-hydrogen) atoms. The number of fused-ring (bicyclic) bond motifs is 3. The third-order valence-electron chi connectivity index (χ3n) is 4.65. The van der Waals surface area contributed by atoms with Gasteiger partial charge in [0.05, 0.1) is 24.3 Å². The highest BCUT2D eigenvalue weighted by Gasteiger charge is 2.15. The molecule has 0 radical (unpaired) electrons. The number of hydrogen-bond acceptors (Lipinski definition) is 5. The highest BCUT2D eigenvalue weighted by molar-refractivity contribution is 6.07. The molecule has 7 nitrogen and oxygen atoms in total. The van der Waals surface area contributed by atoms with Gasteiger partial charge in [-0.15, -0.1) is 0 Å². The zero-order valence-corrected chi connectivity index (χ0v) is 13.7. The van der Waals surface area contributed by atoms with E-state index in [0.717, 1.165) is 49.4 Å². The van der Waals surface area contributed by atoms with E-state index < -0.39 is 0 Å². The summed E-state index contributed by atoms with van der Waals surface area (Å²) in [6, 6.07) is 5.72. The molecule has 1 aromatic carbocycles. The van der Waals surface area contributed by atoms with E-state index in [2.05, 4.69) is 20.2 Å². The highest BCUT2D eigenvalue weighted by Crippen LogP contribution is 2.30. The molecule has 2 N–H and O–H groups in total. The summed E-state index contributed by atoms with van der Waals surface area (Å²) in [7, 11) is 1.63. The number of piperazine rings is 1. The van der Waals surface area contributed by atoms with Gasteiger partial charge in [-0.2, -0.15) is 0 Å². The molecule has 3 aromatic rings. The van der Waals surface area contributed by atoms with E-state index in [1.54, 1.807) is 18.0 Å². The Morgan fingerprint density at radius 2 is 2.08 bits per heavy atom. The SMILES string of the molecule is COc1cccc2[nH]c3c(=O)n(CCN4CCNCC4)cnc3c12. The summed E-state index contributed by atoms with van der Waals surface area (Å²) in [6.45, 7) is 5.57. The maximum atomic E-state index is 12.8. The predicted octanol–water partition coefficient (Wildman–Crippen LogP) is 0.792. The minimum absolute atomic E-state index is 0.0339. The van der Waals surface area contributed by atoms with Crippen LogP contribution in [-0.2, 0) is 6.54 Å². The lowest BCUT2D eigenvalue weighted by atomic mass is 10.2. The number of benzene rings is 1. The van der Waals surface area contributed by atoms with Crippen LogP contribution < -0.4 is 15.6 Å². The van der Waals surface area contributed by atoms with Crippen LogP contribution in [-0.4, -0.2) is 59.3 Å². The van der Waals surface area contributed by atoms with Crippen LogP contribution in [0.2, 0.25) is 0 Å². The van der Waals surface area contributed by atoms with Gasteiger partial charge in [0, 0.05) is 39.3 Å². The lowest BCUT2D eigenvalue weighted by Crippen LogP contribution is -2.45. The van der Waals surface area contributed by atoms with E-state index in [4.69, 9.17) is 4.74 Å². The van der Waals surface area contributed by atoms with Gasteiger partial charge in [0.15, 0.2) is 0 Å². The molecule has 126 valence electrons. The standard InChI is InChI=1S/C17H21N5O2/c1-24-13-4-2-3-12-14(13)15-16(20-12)17(23)22(11-19-15)10-9-21-7-5-18-6-8-21/h2-4,11,18,20H,5-10H2,1H3. The summed E-state index contributed by atoms with van der Waals surface area (Å²) < 4.78 is 7.10. The van der Waals surface area contributed by atoms with Gasteiger partial charge in [0.25, 0.3) is 5.56 Å². The average Bonchev–Trinajstić information content (AvgIpc) is 3.02. The number of nitrogens with zero attached hydrogens (tertiary/aromatic N) is 3. The summed E-state index contributed by atoms with van der Waals surface area (Å²) in [5.41, 5.74) is 2.05. The minimum atomic E-state index is -0.0339. The van der Waals surface area contributed by atoms with Gasteiger partial charge < -0.3 is 15.0 Å². The summed E-state index contributed by atoms with van der Waals surface area (Å²) in [4.78, 5) is 22.9. The Kier molecular flexibility index (Phi) is 3.95. The van der Waals surface area contributed by atoms with Crippen molar-refractivity contribution in [3.63, 3.8) is 0 Å². The number of nitrogens with one attached hydrogen (secondary N) is 2. The van der Waals surface area contributed by atoms with Crippen LogP contribution in [0.4, 0.5) is 0 Å². The van der Waals surface area contributed by atoms with Crippen LogP contribution in [0, 0.1) is 0 Å². The summed E-state index contributed by atoms with van der Waals surface area (Å²) in [5.74, 6) is 0.726. The molecule has 0 unspecified atom stereocenters. The Balaban J connectivity index is 1.70. The number of rotatable bonds is 4. The van der Waals surface area contributed by atoms with Gasteiger partial charge in [0.2, 0.25) is 0 Å². The van der Waals surface area contributed by atoms with Crippen LogP contribution in [0.3, 0.4) is 0 Å². The van der Waals surface area contributed by atoms with Crippen molar-refractivity contribution in [3.8, 4) is 5.75 Å². The number of ether oxygens (including phenoxy) is 1. The molecule has 2 aromatic heterocycles. The van der Waals surface area contributed by atoms with Crippen molar-refractivity contribution in [3.05, 3.63) is 34.9 Å². The Labute approximate surface area is 139 Å². The van der Waals surface area contributed by atoms with Crippen LogP contribution in [0.5, 0.6) is 5.75 Å². The Bertz CT molecular complexity index is 924. The minimum Gasteiger partial charge on any atom is -0.496 e. The first-order valence-corrected chi connectivity index (χ1v) is 8.25. The van der Waals surface area contributed by atoms with E-state index >= 15 is 0 Å². The van der Waals surface area contributed by atoms with E-state index in [0.29, 0.717) is 17.6 Å². The third kappa shape index (κ3) is 2.55. The number of H-pyrrole nitrogens is 1. The maximum Gasteiger partial charge on any atom is 0.277 e. The van der Waals surface area contributed by atoms with Crippen LogP contribution in [0.25, 0.3) is 21.9 Å². The van der Waals surface area contributed by atoms with Crippen LogP contribution in [0.1, 0.15) is 0 Å². The van der Waals surface area contributed by atoms with Gasteiger partial charge in [-0.25, -0.2) is 4.98 Å². The van der Waals surface area contributed by atoms with Crippen molar-refractivity contribution in [2.45, 2.75) is 6.54 Å². The highest BCUT2D eigenvalue weighted by atomic mass is 16.5. The lowest BCUT2D eigenvalue weighted by molar-refractivity contribution is 0.231. The molecule has 1 fully saturated rings. The van der Waals surface area contributed by atoms with E-state index in [9.17, 15) is 4.79 Å². The quantitative estimate of drug-likeness (QED) is 0.741. The molecule has 0 amide bonds. The smallest absolute Gasteiger partial charge is 0.277 e. The fraction of sp³-hybridized carbons (Fsp3) is 0.412. The van der Waals surface area contributed by atoms with Crippen molar-refractivity contribution >= 4 is 21.9 Å². The van der Waals surface area contributed by atoms with Crippen molar-refractivity contribution < 1.29 is 4.74 Å². The number of aromatic amines is 1. The molecule has 0 atom stereocenters. The van der Waals surface area contributed by atoms with Gasteiger partial charge in [0.1, 0.15) is 16.8 Å².